The highest BCUT2D eigenvalue weighted by atomic mass is 16.1. The van der Waals surface area contributed by atoms with Crippen molar-refractivity contribution in [3.05, 3.63) is 113 Å². The second kappa shape index (κ2) is 9.62. The lowest BCUT2D eigenvalue weighted by atomic mass is 9.99. The van der Waals surface area contributed by atoms with Crippen LogP contribution in [0.1, 0.15) is 34.1 Å². The highest BCUT2D eigenvalue weighted by molar-refractivity contribution is 5.93. The van der Waals surface area contributed by atoms with Gasteiger partial charge in [0.15, 0.2) is 0 Å². The molecule has 3 aromatic carbocycles. The van der Waals surface area contributed by atoms with Crippen molar-refractivity contribution in [1.29, 1.82) is 0 Å². The fraction of sp³-hybridized carbons (Fsp3) is 0.185. The molecule has 5 nitrogen and oxygen atoms in total. The first kappa shape index (κ1) is 21.5. The van der Waals surface area contributed by atoms with E-state index >= 15 is 0 Å². The van der Waals surface area contributed by atoms with Gasteiger partial charge in [0.05, 0.1) is 35.3 Å². The Morgan fingerprint density at radius 1 is 0.844 bits per heavy atom. The highest BCUT2D eigenvalue weighted by Gasteiger charge is 2.18. The van der Waals surface area contributed by atoms with Crippen molar-refractivity contribution >= 4 is 11.6 Å². The first-order chi connectivity index (χ1) is 15.5. The zero-order valence-corrected chi connectivity index (χ0v) is 18.7. The number of nitrogens with one attached hydrogen (secondary N) is 2. The summed E-state index contributed by atoms with van der Waals surface area (Å²) in [6.07, 6.45) is 0. The first-order valence-electron chi connectivity index (χ1n) is 10.8. The topological polar surface area (TPSA) is 59.0 Å². The van der Waals surface area contributed by atoms with Gasteiger partial charge in [0.1, 0.15) is 0 Å². The molecule has 32 heavy (non-hydrogen) atoms. The number of anilines is 1. The number of aryl methyl sites for hydroxylation is 2. The minimum absolute atomic E-state index is 0.0689. The van der Waals surface area contributed by atoms with E-state index in [1.54, 1.807) is 0 Å². The van der Waals surface area contributed by atoms with Crippen LogP contribution in [-0.4, -0.2) is 22.2 Å². The number of amides is 1. The molecule has 4 rings (SSSR count). The van der Waals surface area contributed by atoms with Crippen LogP contribution in [0.2, 0.25) is 0 Å². The van der Waals surface area contributed by atoms with Crippen molar-refractivity contribution in [2.45, 2.75) is 26.8 Å². The molecule has 1 heterocycles. The van der Waals surface area contributed by atoms with E-state index < -0.39 is 0 Å². The Kier molecular flexibility index (Phi) is 6.47. The van der Waals surface area contributed by atoms with Gasteiger partial charge in [-0.1, -0.05) is 78.4 Å². The van der Waals surface area contributed by atoms with Gasteiger partial charge in [0.2, 0.25) is 5.91 Å². The van der Waals surface area contributed by atoms with Crippen molar-refractivity contribution in [2.75, 3.05) is 11.9 Å². The first-order valence-corrected chi connectivity index (χ1v) is 10.8. The summed E-state index contributed by atoms with van der Waals surface area (Å²) >= 11 is 0. The molecule has 0 fully saturated rings. The van der Waals surface area contributed by atoms with E-state index in [1.165, 1.54) is 5.56 Å². The third-order valence-electron chi connectivity index (χ3n) is 5.57. The molecule has 0 unspecified atom stereocenters. The Balaban J connectivity index is 1.49. The smallest absolute Gasteiger partial charge is 0.238 e. The maximum absolute atomic E-state index is 12.9. The summed E-state index contributed by atoms with van der Waals surface area (Å²) < 4.78 is 1.87. The molecule has 0 aliphatic carbocycles. The Labute approximate surface area is 189 Å². The quantitative estimate of drug-likeness (QED) is 0.433. The van der Waals surface area contributed by atoms with Crippen molar-refractivity contribution in [3.63, 3.8) is 0 Å². The molecular formula is C27H28N4O. The van der Waals surface area contributed by atoms with E-state index in [0.29, 0.717) is 0 Å². The normalized spacial score (nSPS) is 11.0. The summed E-state index contributed by atoms with van der Waals surface area (Å²) in [4.78, 5) is 12.9. The molecule has 0 atom stereocenters. The zero-order chi connectivity index (χ0) is 22.5. The van der Waals surface area contributed by atoms with Crippen molar-refractivity contribution in [3.8, 4) is 5.69 Å². The summed E-state index contributed by atoms with van der Waals surface area (Å²) in [5, 5.41) is 11.1. The molecule has 2 N–H and O–H groups in total. The van der Waals surface area contributed by atoms with Gasteiger partial charge in [0.25, 0.3) is 0 Å². The predicted molar refractivity (Wildman–Crippen MR) is 129 cm³/mol. The molecule has 0 saturated heterocycles. The summed E-state index contributed by atoms with van der Waals surface area (Å²) in [6, 6.07) is 28.4. The molecule has 0 aliphatic rings. The summed E-state index contributed by atoms with van der Waals surface area (Å²) in [5.41, 5.74) is 6.86. The van der Waals surface area contributed by atoms with Crippen LogP contribution in [0.3, 0.4) is 0 Å². The van der Waals surface area contributed by atoms with E-state index in [4.69, 9.17) is 0 Å². The summed E-state index contributed by atoms with van der Waals surface area (Å²) in [7, 11) is 0. The molecule has 4 aromatic rings. The number of rotatable bonds is 7. The van der Waals surface area contributed by atoms with Crippen LogP contribution in [0, 0.1) is 20.8 Å². The van der Waals surface area contributed by atoms with Crippen molar-refractivity contribution in [2.24, 2.45) is 0 Å². The number of benzene rings is 3. The lowest BCUT2D eigenvalue weighted by Gasteiger charge is -2.19. The molecule has 1 amide bonds. The lowest BCUT2D eigenvalue weighted by Crippen LogP contribution is -2.32. The Bertz CT molecular complexity index is 1140. The molecule has 162 valence electrons. The number of hydrogen-bond acceptors (Lipinski definition) is 3. The van der Waals surface area contributed by atoms with Gasteiger partial charge in [-0.2, -0.15) is 5.10 Å². The fourth-order valence-electron chi connectivity index (χ4n) is 3.86. The van der Waals surface area contributed by atoms with E-state index in [1.807, 2.05) is 67.1 Å². The van der Waals surface area contributed by atoms with Gasteiger partial charge < -0.3 is 5.32 Å². The summed E-state index contributed by atoms with van der Waals surface area (Å²) in [6.45, 7) is 6.13. The zero-order valence-electron chi connectivity index (χ0n) is 18.7. The maximum atomic E-state index is 12.9. The number of hydrogen-bond donors (Lipinski definition) is 2. The van der Waals surface area contributed by atoms with Gasteiger partial charge in [-0.25, -0.2) is 4.68 Å². The minimum atomic E-state index is -0.100. The molecular weight excluding hydrogens is 396 g/mol. The average Bonchev–Trinajstić information content (AvgIpc) is 3.09. The standard InChI is InChI=1S/C27H28N4O/c1-19-14-16-24(17-15-19)31-21(3)26(20(2)30-31)29-25(32)18-28-27(22-10-6-4-7-11-22)23-12-8-5-9-13-23/h4-17,27-28H,18H2,1-3H3,(H,29,32). The number of carbonyl (C=O) groups excluding carboxylic acids is 1. The van der Waals surface area contributed by atoms with Crippen molar-refractivity contribution in [1.82, 2.24) is 15.1 Å². The van der Waals surface area contributed by atoms with Gasteiger partial charge in [0, 0.05) is 0 Å². The van der Waals surface area contributed by atoms with Crippen LogP contribution in [0.4, 0.5) is 5.69 Å². The van der Waals surface area contributed by atoms with Crippen LogP contribution in [0.25, 0.3) is 5.69 Å². The monoisotopic (exact) mass is 424 g/mol. The van der Waals surface area contributed by atoms with E-state index in [9.17, 15) is 4.79 Å². The third-order valence-corrected chi connectivity index (χ3v) is 5.57. The van der Waals surface area contributed by atoms with E-state index in [0.717, 1.165) is 33.9 Å². The molecule has 5 heteroatoms. The van der Waals surface area contributed by atoms with E-state index in [-0.39, 0.29) is 18.5 Å². The van der Waals surface area contributed by atoms with Crippen LogP contribution in [0.5, 0.6) is 0 Å². The van der Waals surface area contributed by atoms with Gasteiger partial charge in [-0.15, -0.1) is 0 Å². The molecule has 0 bridgehead atoms. The number of nitrogens with zero attached hydrogens (tertiary/aromatic N) is 2. The summed E-state index contributed by atoms with van der Waals surface area (Å²) in [5.74, 6) is -0.100. The highest BCUT2D eigenvalue weighted by Crippen LogP contribution is 2.24. The van der Waals surface area contributed by atoms with Crippen molar-refractivity contribution < 1.29 is 4.79 Å². The van der Waals surface area contributed by atoms with Crippen LogP contribution in [-0.2, 0) is 4.79 Å². The van der Waals surface area contributed by atoms with Gasteiger partial charge >= 0.3 is 0 Å². The van der Waals surface area contributed by atoms with Gasteiger partial charge in [-0.3, -0.25) is 10.1 Å². The predicted octanol–water partition coefficient (Wildman–Crippen LogP) is 5.12. The second-order valence-electron chi connectivity index (χ2n) is 7.98. The Morgan fingerprint density at radius 3 is 1.97 bits per heavy atom. The minimum Gasteiger partial charge on any atom is -0.322 e. The maximum Gasteiger partial charge on any atom is 0.238 e. The van der Waals surface area contributed by atoms with E-state index in [2.05, 4.69) is 59.1 Å². The lowest BCUT2D eigenvalue weighted by molar-refractivity contribution is -0.115. The Morgan fingerprint density at radius 2 is 1.41 bits per heavy atom. The largest absolute Gasteiger partial charge is 0.322 e. The molecule has 0 radical (unpaired) electrons. The van der Waals surface area contributed by atoms with Crippen LogP contribution < -0.4 is 10.6 Å². The number of carbonyl (C=O) groups is 1. The number of aromatic nitrogens is 2. The molecule has 1 aromatic heterocycles. The van der Waals surface area contributed by atoms with Crippen LogP contribution in [0.15, 0.2) is 84.9 Å². The molecule has 0 spiro atoms. The fourth-order valence-corrected chi connectivity index (χ4v) is 3.86. The molecule has 0 aliphatic heterocycles. The van der Waals surface area contributed by atoms with Gasteiger partial charge in [-0.05, 0) is 44.0 Å². The SMILES string of the molecule is Cc1ccc(-n2nc(C)c(NC(=O)CNC(c3ccccc3)c3ccccc3)c2C)cc1. The molecule has 0 saturated carbocycles. The van der Waals surface area contributed by atoms with Crippen LogP contribution >= 0.6 is 0 Å². The average molecular weight is 425 g/mol. The second-order valence-corrected chi connectivity index (χ2v) is 7.98. The third kappa shape index (κ3) is 4.79. The Hall–Kier alpha value is -3.70.